The molecule has 0 radical (unpaired) electrons. The van der Waals surface area contributed by atoms with Crippen molar-refractivity contribution in [2.45, 2.75) is 44.2 Å². The molecule has 310 valence electrons. The van der Waals surface area contributed by atoms with Crippen molar-refractivity contribution in [3.8, 4) is 11.5 Å². The number of aryl methyl sites for hydroxylation is 1. The maximum Gasteiger partial charge on any atom is 0.294 e. The molecular formula is C42H40N6O11S. The van der Waals surface area contributed by atoms with Crippen molar-refractivity contribution in [1.82, 2.24) is 5.32 Å². The van der Waals surface area contributed by atoms with Gasteiger partial charge in [-0.3, -0.25) is 33.3 Å². The highest BCUT2D eigenvalue weighted by Gasteiger charge is 2.25. The third-order valence-electron chi connectivity index (χ3n) is 8.55. The molecule has 5 aromatic carbocycles. The van der Waals surface area contributed by atoms with Gasteiger partial charge in [0.25, 0.3) is 33.7 Å². The van der Waals surface area contributed by atoms with E-state index in [1.807, 2.05) is 19.1 Å². The summed E-state index contributed by atoms with van der Waals surface area (Å²) < 4.78 is 37.6. The zero-order chi connectivity index (χ0) is 43.7. The Hall–Kier alpha value is -7.57. The second kappa shape index (κ2) is 18.8. The third kappa shape index (κ3) is 11.5. The molecule has 5 rings (SSSR count). The summed E-state index contributed by atoms with van der Waals surface area (Å²) in [5.74, 6) is -4.90. The number of primary amides is 1. The maximum atomic E-state index is 13.3. The zero-order valence-corrected chi connectivity index (χ0v) is 33.1. The molecule has 1 atom stereocenters. The number of nitrogens with two attached hydrogens (primary N) is 1. The average molecular weight is 837 g/mol. The van der Waals surface area contributed by atoms with Gasteiger partial charge in [0.1, 0.15) is 6.04 Å². The van der Waals surface area contributed by atoms with Gasteiger partial charge in [0.15, 0.2) is 11.5 Å². The Bertz CT molecular complexity index is 2540. The minimum atomic E-state index is -4.45. The SMILES string of the molecule is Cc1ccc(C(=O)Nc2ccc(C(=O)N[C@@H](CC(N)=O)C(=O)Nc3ccc(C(=O)Nc4ccc(C(=O)Nc5ccc(S(=O)(=O)O)cc5)c(O)c4OC(C)C)cc3)cc2)cc1. The van der Waals surface area contributed by atoms with Crippen LogP contribution in [0.25, 0.3) is 0 Å². The Kier molecular flexibility index (Phi) is 13.6. The van der Waals surface area contributed by atoms with Gasteiger partial charge in [-0.15, -0.1) is 0 Å². The molecule has 0 bridgehead atoms. The van der Waals surface area contributed by atoms with Crippen molar-refractivity contribution in [2.24, 2.45) is 5.73 Å². The molecule has 0 saturated carbocycles. The summed E-state index contributed by atoms with van der Waals surface area (Å²) in [5, 5.41) is 24.0. The monoisotopic (exact) mass is 836 g/mol. The summed E-state index contributed by atoms with van der Waals surface area (Å²) in [6, 6.07) is 24.3. The van der Waals surface area contributed by atoms with Crippen molar-refractivity contribution in [1.29, 1.82) is 0 Å². The van der Waals surface area contributed by atoms with Gasteiger partial charge in [0, 0.05) is 33.8 Å². The molecule has 0 aliphatic rings. The number of carbonyl (C=O) groups excluding carboxylic acids is 6. The highest BCUT2D eigenvalue weighted by molar-refractivity contribution is 7.85. The van der Waals surface area contributed by atoms with Gasteiger partial charge in [-0.05, 0) is 118 Å². The fourth-order valence-electron chi connectivity index (χ4n) is 5.51. The van der Waals surface area contributed by atoms with Gasteiger partial charge in [-0.1, -0.05) is 17.7 Å². The first-order chi connectivity index (χ1) is 28.4. The molecule has 6 amide bonds. The number of benzene rings is 5. The number of anilines is 4. The molecule has 9 N–H and O–H groups in total. The summed E-state index contributed by atoms with van der Waals surface area (Å²) in [6.45, 7) is 5.23. The summed E-state index contributed by atoms with van der Waals surface area (Å²) >= 11 is 0. The van der Waals surface area contributed by atoms with E-state index in [0.717, 1.165) is 17.7 Å². The minimum absolute atomic E-state index is 0.0179. The highest BCUT2D eigenvalue weighted by atomic mass is 32.2. The van der Waals surface area contributed by atoms with Crippen LogP contribution in [0.2, 0.25) is 0 Å². The Balaban J connectivity index is 1.22. The number of rotatable bonds is 15. The molecule has 0 heterocycles. The maximum absolute atomic E-state index is 13.3. The van der Waals surface area contributed by atoms with Gasteiger partial charge in [-0.25, -0.2) is 0 Å². The first-order valence-corrected chi connectivity index (χ1v) is 19.5. The summed E-state index contributed by atoms with van der Waals surface area (Å²) in [4.78, 5) is 76.7. The zero-order valence-electron chi connectivity index (χ0n) is 32.3. The normalized spacial score (nSPS) is 11.5. The molecule has 0 spiro atoms. The predicted octanol–water partition coefficient (Wildman–Crippen LogP) is 5.10. The van der Waals surface area contributed by atoms with Crippen LogP contribution in [0, 0.1) is 6.92 Å². The van der Waals surface area contributed by atoms with E-state index >= 15 is 0 Å². The van der Waals surface area contributed by atoms with Gasteiger partial charge < -0.3 is 42.2 Å². The van der Waals surface area contributed by atoms with Crippen molar-refractivity contribution in [3.05, 3.63) is 137 Å². The van der Waals surface area contributed by atoms with Gasteiger partial charge in [0.05, 0.1) is 28.7 Å². The molecule has 0 aliphatic carbocycles. The summed E-state index contributed by atoms with van der Waals surface area (Å²) in [6.07, 6.45) is -1.03. The average Bonchev–Trinajstić information content (AvgIpc) is 3.19. The van der Waals surface area contributed by atoms with Crippen LogP contribution < -0.4 is 37.1 Å². The fraction of sp³-hybridized carbons (Fsp3) is 0.143. The molecule has 18 heteroatoms. The predicted molar refractivity (Wildman–Crippen MR) is 222 cm³/mol. The first kappa shape index (κ1) is 43.6. The summed E-state index contributed by atoms with van der Waals surface area (Å²) in [7, 11) is -4.45. The van der Waals surface area contributed by atoms with Crippen LogP contribution in [0.15, 0.2) is 114 Å². The lowest BCUT2D eigenvalue weighted by molar-refractivity contribution is -0.123. The van der Waals surface area contributed by atoms with Crippen molar-refractivity contribution >= 4 is 68.3 Å². The second-order valence-electron chi connectivity index (χ2n) is 13.6. The molecule has 17 nitrogen and oxygen atoms in total. The van der Waals surface area contributed by atoms with E-state index in [-0.39, 0.29) is 50.3 Å². The molecule has 0 unspecified atom stereocenters. The molecule has 5 aromatic rings. The van der Waals surface area contributed by atoms with E-state index in [4.69, 9.17) is 10.5 Å². The highest BCUT2D eigenvalue weighted by Crippen LogP contribution is 2.39. The minimum Gasteiger partial charge on any atom is -0.504 e. The van der Waals surface area contributed by atoms with Crippen LogP contribution in [0.1, 0.15) is 67.3 Å². The van der Waals surface area contributed by atoms with E-state index in [2.05, 4.69) is 26.6 Å². The van der Waals surface area contributed by atoms with E-state index in [1.54, 1.807) is 26.0 Å². The second-order valence-corrected chi connectivity index (χ2v) is 15.0. The van der Waals surface area contributed by atoms with E-state index in [0.29, 0.717) is 11.3 Å². The Labute approximate surface area is 344 Å². The van der Waals surface area contributed by atoms with Crippen LogP contribution in [0.3, 0.4) is 0 Å². The lowest BCUT2D eigenvalue weighted by Crippen LogP contribution is -2.46. The first-order valence-electron chi connectivity index (χ1n) is 18.1. The van der Waals surface area contributed by atoms with Crippen LogP contribution in [0.4, 0.5) is 22.7 Å². The fourth-order valence-corrected chi connectivity index (χ4v) is 5.99. The molecular weight excluding hydrogens is 797 g/mol. The molecule has 0 aromatic heterocycles. The quantitative estimate of drug-likeness (QED) is 0.0642. The van der Waals surface area contributed by atoms with Crippen LogP contribution >= 0.6 is 0 Å². The van der Waals surface area contributed by atoms with Gasteiger partial charge in [0.2, 0.25) is 11.8 Å². The number of phenolic OH excluding ortho intramolecular Hbond substituents is 1. The van der Waals surface area contributed by atoms with Gasteiger partial charge in [-0.2, -0.15) is 8.42 Å². The molecule has 0 saturated heterocycles. The van der Waals surface area contributed by atoms with Crippen LogP contribution in [-0.4, -0.2) is 65.7 Å². The largest absolute Gasteiger partial charge is 0.504 e. The van der Waals surface area contributed by atoms with E-state index < -0.39 is 64.0 Å². The van der Waals surface area contributed by atoms with Gasteiger partial charge >= 0.3 is 0 Å². The number of hydrogen-bond donors (Lipinski definition) is 8. The van der Waals surface area contributed by atoms with Crippen molar-refractivity contribution in [2.75, 3.05) is 21.3 Å². The van der Waals surface area contributed by atoms with Crippen LogP contribution in [0.5, 0.6) is 11.5 Å². The van der Waals surface area contributed by atoms with Crippen LogP contribution in [-0.2, 0) is 19.7 Å². The standard InChI is InChI=1S/C42H40N6O11S/c1-23(2)59-37-33(21-20-32(36(37)50)41(54)45-30-16-18-31(19-17-30)60(56,57)58)47-39(52)26-10-14-29(15-11-26)46-42(55)34(22-35(43)49)48-40(53)27-8-12-28(13-9-27)44-38(51)25-6-4-24(3)5-7-25/h4-21,23,34,50H,22H2,1-3H3,(H2,43,49)(H,44,51)(H,45,54)(H,46,55)(H,47,52)(H,48,53)(H,56,57,58)/t34-/m0/s1. The Morgan fingerprint density at radius 1 is 0.633 bits per heavy atom. The Morgan fingerprint density at radius 2 is 1.10 bits per heavy atom. The molecule has 60 heavy (non-hydrogen) atoms. The topological polar surface area (TPSA) is 272 Å². The Morgan fingerprint density at radius 3 is 1.62 bits per heavy atom. The number of aromatic hydroxyl groups is 1. The number of nitrogens with one attached hydrogen (secondary N) is 5. The molecule has 0 fully saturated rings. The number of hydrogen-bond acceptors (Lipinski definition) is 10. The number of amides is 6. The van der Waals surface area contributed by atoms with E-state index in [9.17, 15) is 46.8 Å². The van der Waals surface area contributed by atoms with Crippen molar-refractivity contribution in [3.63, 3.8) is 0 Å². The van der Waals surface area contributed by atoms with Crippen molar-refractivity contribution < 1.29 is 51.6 Å². The number of phenols is 1. The third-order valence-corrected chi connectivity index (χ3v) is 9.42. The lowest BCUT2D eigenvalue weighted by Gasteiger charge is -2.19. The smallest absolute Gasteiger partial charge is 0.294 e. The molecule has 0 aliphatic heterocycles. The lowest BCUT2D eigenvalue weighted by atomic mass is 10.1. The number of carbonyl (C=O) groups is 6. The number of ether oxygens (including phenoxy) is 1. The summed E-state index contributed by atoms with van der Waals surface area (Å²) in [5.41, 5.74) is 7.66. The van der Waals surface area contributed by atoms with E-state index in [1.165, 1.54) is 72.8 Å².